The van der Waals surface area contributed by atoms with Crippen molar-refractivity contribution in [1.82, 2.24) is 14.7 Å². The molecule has 0 aromatic rings. The molecule has 0 N–H and O–H groups in total. The first-order valence-corrected chi connectivity index (χ1v) is 8.40. The Morgan fingerprint density at radius 2 is 1.95 bits per heavy atom. The van der Waals surface area contributed by atoms with Crippen molar-refractivity contribution >= 4 is 17.8 Å². The third kappa shape index (κ3) is 1.88. The average Bonchev–Trinajstić information content (AvgIpc) is 3.09. The highest BCUT2D eigenvalue weighted by Crippen LogP contribution is 2.42. The summed E-state index contributed by atoms with van der Waals surface area (Å²) >= 11 is 0. The summed E-state index contributed by atoms with van der Waals surface area (Å²) in [6, 6.07) is -0.739. The van der Waals surface area contributed by atoms with Crippen molar-refractivity contribution < 1.29 is 14.4 Å². The average molecular weight is 307 g/mol. The molecule has 0 bridgehead atoms. The van der Waals surface area contributed by atoms with Gasteiger partial charge in [-0.3, -0.25) is 9.59 Å². The highest BCUT2D eigenvalue weighted by atomic mass is 16.2. The molecular formula is C16H25N3O3. The number of hydrogen-bond acceptors (Lipinski definition) is 3. The Kier molecular flexibility index (Phi) is 3.65. The van der Waals surface area contributed by atoms with Crippen LogP contribution in [-0.4, -0.2) is 63.3 Å². The minimum atomic E-state index is -0.669. The second kappa shape index (κ2) is 5.25. The maximum absolute atomic E-state index is 13.0. The van der Waals surface area contributed by atoms with E-state index in [2.05, 4.69) is 0 Å². The molecule has 122 valence electrons. The summed E-state index contributed by atoms with van der Waals surface area (Å²) in [7, 11) is 0. The summed E-state index contributed by atoms with van der Waals surface area (Å²) in [5, 5.41) is 0. The molecule has 3 heterocycles. The van der Waals surface area contributed by atoms with Crippen LogP contribution < -0.4 is 0 Å². The Bertz CT molecular complexity index is 519. The van der Waals surface area contributed by atoms with Gasteiger partial charge in [0.25, 0.3) is 5.91 Å². The smallest absolute Gasteiger partial charge is 0.328 e. The van der Waals surface area contributed by atoms with Crippen LogP contribution in [-0.2, 0) is 9.59 Å². The van der Waals surface area contributed by atoms with Crippen molar-refractivity contribution in [2.24, 2.45) is 0 Å². The molecule has 4 amide bonds. The van der Waals surface area contributed by atoms with Crippen molar-refractivity contribution in [3.63, 3.8) is 0 Å². The van der Waals surface area contributed by atoms with Crippen LogP contribution in [0.5, 0.6) is 0 Å². The van der Waals surface area contributed by atoms with Gasteiger partial charge in [0.2, 0.25) is 5.91 Å². The number of urea groups is 1. The zero-order valence-corrected chi connectivity index (χ0v) is 13.7. The molecule has 0 radical (unpaired) electrons. The highest BCUT2D eigenvalue weighted by Gasteiger charge is 2.61. The molecule has 3 saturated heterocycles. The maximum Gasteiger partial charge on any atom is 0.328 e. The molecular weight excluding hydrogens is 282 g/mol. The normalized spacial score (nSPS) is 31.9. The van der Waals surface area contributed by atoms with Crippen molar-refractivity contribution in [3.8, 4) is 0 Å². The molecule has 3 rings (SSSR count). The van der Waals surface area contributed by atoms with Gasteiger partial charge < -0.3 is 9.80 Å². The minimum Gasteiger partial charge on any atom is -0.338 e. The molecule has 0 unspecified atom stereocenters. The Balaban J connectivity index is 1.89. The molecule has 22 heavy (non-hydrogen) atoms. The summed E-state index contributed by atoms with van der Waals surface area (Å²) in [5.41, 5.74) is -0.669. The predicted octanol–water partition coefficient (Wildman–Crippen LogP) is 1.59. The second-order valence-corrected chi connectivity index (χ2v) is 6.92. The van der Waals surface area contributed by atoms with Crippen LogP contribution in [0.4, 0.5) is 4.79 Å². The number of amides is 4. The number of carbonyl (C=O) groups excluding carboxylic acids is 3. The van der Waals surface area contributed by atoms with E-state index in [4.69, 9.17) is 0 Å². The lowest BCUT2D eigenvalue weighted by molar-refractivity contribution is -0.141. The van der Waals surface area contributed by atoms with Gasteiger partial charge in [0.1, 0.15) is 11.6 Å². The van der Waals surface area contributed by atoms with Gasteiger partial charge in [0.15, 0.2) is 0 Å². The minimum absolute atomic E-state index is 0.0791. The summed E-state index contributed by atoms with van der Waals surface area (Å²) in [6.07, 6.45) is 3.73. The van der Waals surface area contributed by atoms with Gasteiger partial charge in [0, 0.05) is 19.1 Å². The van der Waals surface area contributed by atoms with E-state index in [0.29, 0.717) is 25.9 Å². The zero-order valence-electron chi connectivity index (χ0n) is 13.7. The third-order valence-corrected chi connectivity index (χ3v) is 5.35. The fourth-order valence-electron chi connectivity index (χ4n) is 4.31. The standard InChI is InChI=1S/C16H25N3O3/c1-4-7-16-8-5-9-18(16)15(22)19(14(16)21)12-6-10-17(11(2)3)13(12)20/h11-12H,4-10H2,1-3H3/t12-,16-/m0/s1. The molecule has 0 saturated carbocycles. The van der Waals surface area contributed by atoms with E-state index in [-0.39, 0.29) is 23.9 Å². The number of likely N-dealkylation sites (tertiary alicyclic amines) is 1. The van der Waals surface area contributed by atoms with Crippen LogP contribution in [0.25, 0.3) is 0 Å². The van der Waals surface area contributed by atoms with Crippen molar-refractivity contribution in [2.75, 3.05) is 13.1 Å². The third-order valence-electron chi connectivity index (χ3n) is 5.35. The summed E-state index contributed by atoms with van der Waals surface area (Å²) < 4.78 is 0. The number of fused-ring (bicyclic) bond motifs is 1. The van der Waals surface area contributed by atoms with Crippen molar-refractivity contribution in [1.29, 1.82) is 0 Å². The molecule has 0 aromatic carbocycles. The van der Waals surface area contributed by atoms with Gasteiger partial charge in [-0.05, 0) is 39.5 Å². The van der Waals surface area contributed by atoms with Crippen molar-refractivity contribution in [3.05, 3.63) is 0 Å². The van der Waals surface area contributed by atoms with Crippen LogP contribution in [0.2, 0.25) is 0 Å². The van der Waals surface area contributed by atoms with E-state index >= 15 is 0 Å². The molecule has 3 aliphatic heterocycles. The number of carbonyl (C=O) groups is 3. The number of nitrogens with zero attached hydrogens (tertiary/aromatic N) is 3. The van der Waals surface area contributed by atoms with Crippen molar-refractivity contribution in [2.45, 2.75) is 70.5 Å². The quantitative estimate of drug-likeness (QED) is 0.741. The number of imide groups is 1. The monoisotopic (exact) mass is 307 g/mol. The van der Waals surface area contributed by atoms with Crippen LogP contribution in [0.3, 0.4) is 0 Å². The van der Waals surface area contributed by atoms with Gasteiger partial charge >= 0.3 is 6.03 Å². The first-order chi connectivity index (χ1) is 10.4. The van der Waals surface area contributed by atoms with Crippen LogP contribution >= 0.6 is 0 Å². The lowest BCUT2D eigenvalue weighted by Crippen LogP contribution is -2.49. The first-order valence-electron chi connectivity index (χ1n) is 8.40. The summed E-state index contributed by atoms with van der Waals surface area (Å²) in [5.74, 6) is -0.217. The fraction of sp³-hybridized carbons (Fsp3) is 0.812. The molecule has 2 atom stereocenters. The zero-order chi connectivity index (χ0) is 16.1. The molecule has 6 heteroatoms. The van der Waals surface area contributed by atoms with Crippen LogP contribution in [0, 0.1) is 0 Å². The SMILES string of the molecule is CCC[C@@]12CCCN1C(=O)N([C@H]1CCN(C(C)C)C1=O)C2=O. The van der Waals surface area contributed by atoms with E-state index in [1.165, 1.54) is 4.90 Å². The molecule has 3 aliphatic rings. The van der Waals surface area contributed by atoms with E-state index in [9.17, 15) is 14.4 Å². The maximum atomic E-state index is 13.0. The summed E-state index contributed by atoms with van der Waals surface area (Å²) in [6.45, 7) is 7.22. The Labute approximate surface area is 131 Å². The van der Waals surface area contributed by atoms with E-state index < -0.39 is 11.6 Å². The Morgan fingerprint density at radius 3 is 2.55 bits per heavy atom. The van der Waals surface area contributed by atoms with Crippen LogP contribution in [0.15, 0.2) is 0 Å². The lowest BCUT2D eigenvalue weighted by Gasteiger charge is -2.27. The first kappa shape index (κ1) is 15.3. The topological polar surface area (TPSA) is 60.9 Å². The van der Waals surface area contributed by atoms with E-state index in [1.54, 1.807) is 9.80 Å². The molecule has 6 nitrogen and oxygen atoms in total. The molecule has 0 aromatic heterocycles. The predicted molar refractivity (Wildman–Crippen MR) is 81.1 cm³/mol. The van der Waals surface area contributed by atoms with E-state index in [0.717, 1.165) is 19.3 Å². The molecule has 0 spiro atoms. The Hall–Kier alpha value is -1.59. The van der Waals surface area contributed by atoms with Gasteiger partial charge in [-0.15, -0.1) is 0 Å². The largest absolute Gasteiger partial charge is 0.338 e. The Morgan fingerprint density at radius 1 is 1.23 bits per heavy atom. The van der Waals surface area contributed by atoms with Gasteiger partial charge in [0.05, 0.1) is 0 Å². The van der Waals surface area contributed by atoms with Gasteiger partial charge in [-0.25, -0.2) is 9.69 Å². The number of rotatable bonds is 4. The summed E-state index contributed by atoms with van der Waals surface area (Å²) in [4.78, 5) is 43.1. The van der Waals surface area contributed by atoms with Crippen LogP contribution in [0.1, 0.15) is 52.9 Å². The lowest BCUT2D eigenvalue weighted by atomic mass is 9.90. The number of hydrogen-bond donors (Lipinski definition) is 0. The van der Waals surface area contributed by atoms with E-state index in [1.807, 2.05) is 20.8 Å². The van der Waals surface area contributed by atoms with Gasteiger partial charge in [-0.1, -0.05) is 13.3 Å². The fourth-order valence-corrected chi connectivity index (χ4v) is 4.31. The molecule has 3 fully saturated rings. The highest BCUT2D eigenvalue weighted by molar-refractivity contribution is 6.10. The van der Waals surface area contributed by atoms with Gasteiger partial charge in [-0.2, -0.15) is 0 Å². The molecule has 0 aliphatic carbocycles. The second-order valence-electron chi connectivity index (χ2n) is 6.92.